The predicted octanol–water partition coefficient (Wildman–Crippen LogP) is 3.32. The van der Waals surface area contributed by atoms with Gasteiger partial charge < -0.3 is 9.73 Å². The number of carbonyl (C=O) groups excluding carboxylic acids is 1. The van der Waals surface area contributed by atoms with E-state index >= 15 is 0 Å². The maximum atomic E-state index is 12.2. The lowest BCUT2D eigenvalue weighted by atomic mass is 10.1. The molecule has 1 aromatic carbocycles. The Kier molecular flexibility index (Phi) is 2.11. The lowest BCUT2D eigenvalue weighted by Gasteiger charge is -2.02. The van der Waals surface area contributed by atoms with Crippen LogP contribution in [0, 0.1) is 0 Å². The molecule has 3 nitrogen and oxygen atoms in total. The van der Waals surface area contributed by atoms with Crippen molar-refractivity contribution in [2.45, 2.75) is 6.92 Å². The molecule has 0 unspecified atom stereocenters. The van der Waals surface area contributed by atoms with Crippen LogP contribution >= 0.6 is 0 Å². The highest BCUT2D eigenvalue weighted by molar-refractivity contribution is 6.21. The molecule has 1 N–H and O–H groups in total. The number of hydrogen-bond acceptors (Lipinski definition) is 3. The smallest absolute Gasteiger partial charge is 0.211 e. The van der Waals surface area contributed by atoms with Gasteiger partial charge in [0.25, 0.3) is 0 Å². The Morgan fingerprint density at radius 1 is 1.18 bits per heavy atom. The molecule has 0 aliphatic carbocycles. The Morgan fingerprint density at radius 2 is 2.00 bits per heavy atom. The Balaban J connectivity index is 2.10. The summed E-state index contributed by atoms with van der Waals surface area (Å²) in [6, 6.07) is 11.2. The standard InChI is InChI=1S/C14H11NO2/c1-9(12-7-4-8-17-12)13-14(16)10-5-2-3-6-11(10)15-13/h2-8,15H,1H3/b13-9+. The third-order valence-electron chi connectivity index (χ3n) is 2.92. The summed E-state index contributed by atoms with van der Waals surface area (Å²) in [4.78, 5) is 12.2. The van der Waals surface area contributed by atoms with Gasteiger partial charge in [-0.15, -0.1) is 0 Å². The minimum absolute atomic E-state index is 0.0227. The van der Waals surface area contributed by atoms with E-state index < -0.39 is 0 Å². The fourth-order valence-corrected chi connectivity index (χ4v) is 2.00. The number of para-hydroxylation sites is 1. The summed E-state index contributed by atoms with van der Waals surface area (Å²) in [5.41, 5.74) is 3.00. The number of Topliss-reactive ketones (excluding diaryl/α,β-unsaturated/α-hetero) is 1. The topological polar surface area (TPSA) is 42.2 Å². The third-order valence-corrected chi connectivity index (χ3v) is 2.92. The Labute approximate surface area is 98.8 Å². The van der Waals surface area contributed by atoms with Crippen molar-refractivity contribution in [3.05, 3.63) is 59.7 Å². The molecule has 1 aromatic heterocycles. The summed E-state index contributed by atoms with van der Waals surface area (Å²) in [5.74, 6) is 0.739. The van der Waals surface area contributed by atoms with Gasteiger partial charge in [-0.25, -0.2) is 0 Å². The van der Waals surface area contributed by atoms with E-state index in [0.29, 0.717) is 17.0 Å². The zero-order chi connectivity index (χ0) is 11.8. The number of rotatable bonds is 1. The number of benzene rings is 1. The van der Waals surface area contributed by atoms with Crippen LogP contribution in [-0.2, 0) is 0 Å². The zero-order valence-electron chi connectivity index (χ0n) is 9.36. The number of fused-ring (bicyclic) bond motifs is 1. The van der Waals surface area contributed by atoms with Gasteiger partial charge >= 0.3 is 0 Å². The Hall–Kier alpha value is -2.29. The summed E-state index contributed by atoms with van der Waals surface area (Å²) in [5, 5.41) is 3.14. The minimum Gasteiger partial charge on any atom is -0.465 e. The van der Waals surface area contributed by atoms with Crippen LogP contribution < -0.4 is 5.32 Å². The molecule has 84 valence electrons. The fourth-order valence-electron chi connectivity index (χ4n) is 2.00. The monoisotopic (exact) mass is 225 g/mol. The first-order valence-corrected chi connectivity index (χ1v) is 5.43. The second-order valence-corrected chi connectivity index (χ2v) is 3.98. The number of furan rings is 1. The van der Waals surface area contributed by atoms with Crippen LogP contribution in [0.5, 0.6) is 0 Å². The van der Waals surface area contributed by atoms with Crippen molar-refractivity contribution in [3.8, 4) is 0 Å². The average Bonchev–Trinajstić information content (AvgIpc) is 2.97. The minimum atomic E-state index is 0.0227. The van der Waals surface area contributed by atoms with Crippen LogP contribution in [0.25, 0.3) is 5.57 Å². The normalized spacial score (nSPS) is 16.6. The molecule has 1 aliphatic rings. The van der Waals surface area contributed by atoms with Gasteiger partial charge in [0.05, 0.1) is 12.0 Å². The van der Waals surface area contributed by atoms with E-state index in [4.69, 9.17) is 4.42 Å². The van der Waals surface area contributed by atoms with Gasteiger partial charge in [-0.2, -0.15) is 0 Å². The van der Waals surface area contributed by atoms with Crippen molar-refractivity contribution >= 4 is 17.0 Å². The summed E-state index contributed by atoms with van der Waals surface area (Å²) in [7, 11) is 0. The van der Waals surface area contributed by atoms with E-state index in [0.717, 1.165) is 11.3 Å². The zero-order valence-corrected chi connectivity index (χ0v) is 9.36. The molecular formula is C14H11NO2. The van der Waals surface area contributed by atoms with E-state index in [1.807, 2.05) is 43.3 Å². The van der Waals surface area contributed by atoms with E-state index in [-0.39, 0.29) is 5.78 Å². The number of anilines is 1. The summed E-state index contributed by atoms with van der Waals surface area (Å²) >= 11 is 0. The van der Waals surface area contributed by atoms with Gasteiger partial charge in [-0.1, -0.05) is 12.1 Å². The maximum Gasteiger partial charge on any atom is 0.211 e. The largest absolute Gasteiger partial charge is 0.465 e. The molecular weight excluding hydrogens is 214 g/mol. The first kappa shape index (κ1) is 9.90. The Morgan fingerprint density at radius 3 is 2.71 bits per heavy atom. The molecule has 0 atom stereocenters. The summed E-state index contributed by atoms with van der Waals surface area (Å²) < 4.78 is 5.30. The van der Waals surface area contributed by atoms with E-state index in [2.05, 4.69) is 5.32 Å². The SMILES string of the molecule is C/C(=C1\Nc2ccccc2C1=O)c1ccco1. The molecule has 0 fully saturated rings. The molecule has 3 rings (SSSR count). The molecule has 0 bridgehead atoms. The average molecular weight is 225 g/mol. The van der Waals surface area contributed by atoms with Gasteiger partial charge in [0.15, 0.2) is 0 Å². The van der Waals surface area contributed by atoms with Crippen molar-refractivity contribution < 1.29 is 9.21 Å². The van der Waals surface area contributed by atoms with Gasteiger partial charge in [0, 0.05) is 16.8 Å². The van der Waals surface area contributed by atoms with Crippen LogP contribution in [0.1, 0.15) is 23.0 Å². The number of allylic oxidation sites excluding steroid dienone is 2. The van der Waals surface area contributed by atoms with Crippen molar-refractivity contribution in [2.24, 2.45) is 0 Å². The van der Waals surface area contributed by atoms with Gasteiger partial charge in [0.2, 0.25) is 5.78 Å². The number of hydrogen-bond donors (Lipinski definition) is 1. The number of ketones is 1. The van der Waals surface area contributed by atoms with Gasteiger partial charge in [0.1, 0.15) is 5.76 Å². The van der Waals surface area contributed by atoms with Crippen LogP contribution in [-0.4, -0.2) is 5.78 Å². The predicted molar refractivity (Wildman–Crippen MR) is 65.7 cm³/mol. The van der Waals surface area contributed by atoms with Crippen molar-refractivity contribution in [1.29, 1.82) is 0 Å². The molecule has 0 saturated carbocycles. The molecule has 0 amide bonds. The first-order valence-electron chi connectivity index (χ1n) is 5.43. The molecule has 2 aromatic rings. The number of nitrogens with one attached hydrogen (secondary N) is 1. The van der Waals surface area contributed by atoms with Crippen LogP contribution in [0.2, 0.25) is 0 Å². The van der Waals surface area contributed by atoms with E-state index in [1.165, 1.54) is 0 Å². The molecule has 0 spiro atoms. The van der Waals surface area contributed by atoms with Crippen LogP contribution in [0.4, 0.5) is 5.69 Å². The van der Waals surface area contributed by atoms with Crippen molar-refractivity contribution in [1.82, 2.24) is 0 Å². The molecule has 1 aliphatic heterocycles. The highest BCUT2D eigenvalue weighted by Gasteiger charge is 2.26. The summed E-state index contributed by atoms with van der Waals surface area (Å²) in [6.45, 7) is 1.88. The highest BCUT2D eigenvalue weighted by Crippen LogP contribution is 2.31. The quantitative estimate of drug-likeness (QED) is 0.757. The highest BCUT2D eigenvalue weighted by atomic mass is 16.3. The molecule has 0 saturated heterocycles. The van der Waals surface area contributed by atoms with Crippen LogP contribution in [0.3, 0.4) is 0 Å². The second kappa shape index (κ2) is 3.63. The Bertz CT molecular complexity index is 609. The lowest BCUT2D eigenvalue weighted by molar-refractivity contribution is 0.104. The number of carbonyl (C=O) groups is 1. The van der Waals surface area contributed by atoms with E-state index in [9.17, 15) is 4.79 Å². The summed E-state index contributed by atoms with van der Waals surface area (Å²) in [6.07, 6.45) is 1.60. The third kappa shape index (κ3) is 1.47. The molecule has 17 heavy (non-hydrogen) atoms. The fraction of sp³-hybridized carbons (Fsp3) is 0.0714. The maximum absolute atomic E-state index is 12.2. The van der Waals surface area contributed by atoms with Gasteiger partial charge in [-0.3, -0.25) is 4.79 Å². The van der Waals surface area contributed by atoms with E-state index in [1.54, 1.807) is 6.26 Å². The van der Waals surface area contributed by atoms with Gasteiger partial charge in [-0.05, 0) is 31.2 Å². The van der Waals surface area contributed by atoms with Crippen LogP contribution in [0.15, 0.2) is 52.8 Å². The van der Waals surface area contributed by atoms with Crippen molar-refractivity contribution in [2.75, 3.05) is 5.32 Å². The molecule has 3 heteroatoms. The molecule has 2 heterocycles. The molecule has 0 radical (unpaired) electrons. The first-order chi connectivity index (χ1) is 8.27. The van der Waals surface area contributed by atoms with Crippen molar-refractivity contribution in [3.63, 3.8) is 0 Å². The lowest BCUT2D eigenvalue weighted by Crippen LogP contribution is -2.02. The second-order valence-electron chi connectivity index (χ2n) is 3.98.